The summed E-state index contributed by atoms with van der Waals surface area (Å²) in [5, 5.41) is 9.11. The molecule has 1 aromatic carbocycles. The van der Waals surface area contributed by atoms with Gasteiger partial charge in [-0.15, -0.1) is 0 Å². The van der Waals surface area contributed by atoms with Gasteiger partial charge in [0.1, 0.15) is 0 Å². The maximum absolute atomic E-state index is 14.1. The number of hydrogen-bond donors (Lipinski definition) is 1. The van der Waals surface area contributed by atoms with Crippen molar-refractivity contribution in [3.8, 4) is 0 Å². The number of hydrogen-bond acceptors (Lipinski definition) is 2. The zero-order valence-corrected chi connectivity index (χ0v) is 10.4. The molecule has 0 bridgehead atoms. The van der Waals surface area contributed by atoms with E-state index in [1.54, 1.807) is 23.1 Å². The number of rotatable bonds is 4. The monoisotopic (exact) mass is 255 g/mol. The Hall–Kier alpha value is -1.00. The summed E-state index contributed by atoms with van der Waals surface area (Å²) in [7, 11) is 0. The molecule has 0 amide bonds. The summed E-state index contributed by atoms with van der Waals surface area (Å²) in [5.74, 6) is -2.68. The van der Waals surface area contributed by atoms with E-state index in [0.29, 0.717) is 13.1 Å². The average molecular weight is 255 g/mol. The summed E-state index contributed by atoms with van der Waals surface area (Å²) in [4.78, 5) is 1.76. The van der Waals surface area contributed by atoms with E-state index in [1.165, 1.54) is 12.1 Å². The first-order valence-corrected chi connectivity index (χ1v) is 6.38. The van der Waals surface area contributed by atoms with Crippen molar-refractivity contribution < 1.29 is 13.9 Å². The predicted octanol–water partition coefficient (Wildman–Crippen LogP) is 2.48. The van der Waals surface area contributed by atoms with Crippen molar-refractivity contribution >= 4 is 0 Å². The van der Waals surface area contributed by atoms with E-state index in [0.717, 1.165) is 12.8 Å². The van der Waals surface area contributed by atoms with Crippen LogP contribution in [0.4, 0.5) is 8.78 Å². The fourth-order valence-corrected chi connectivity index (χ4v) is 2.50. The van der Waals surface area contributed by atoms with Crippen molar-refractivity contribution in [1.29, 1.82) is 0 Å². The second-order valence-corrected chi connectivity index (χ2v) is 5.00. The third-order valence-corrected chi connectivity index (χ3v) is 3.48. The number of likely N-dealkylation sites (tertiary alicyclic amines) is 1. The zero-order valence-electron chi connectivity index (χ0n) is 10.4. The SMILES string of the molecule is OCC1CCCN(CC(F)(F)c2ccccc2)C1. The molecule has 0 aromatic heterocycles. The van der Waals surface area contributed by atoms with Crippen molar-refractivity contribution in [1.82, 2.24) is 4.90 Å². The molecular weight excluding hydrogens is 236 g/mol. The summed E-state index contributed by atoms with van der Waals surface area (Å²) >= 11 is 0. The summed E-state index contributed by atoms with van der Waals surface area (Å²) in [6.07, 6.45) is 1.82. The Morgan fingerprint density at radius 2 is 2.00 bits per heavy atom. The standard InChI is InChI=1S/C14H19F2NO/c15-14(16,13-6-2-1-3-7-13)11-17-8-4-5-12(9-17)10-18/h1-3,6-7,12,18H,4-5,8-11H2. The number of piperidine rings is 1. The highest BCUT2D eigenvalue weighted by molar-refractivity contribution is 5.20. The van der Waals surface area contributed by atoms with Crippen LogP contribution in [0.3, 0.4) is 0 Å². The lowest BCUT2D eigenvalue weighted by Gasteiger charge is -2.34. The van der Waals surface area contributed by atoms with Gasteiger partial charge in [0, 0.05) is 18.7 Å². The lowest BCUT2D eigenvalue weighted by Crippen LogP contribution is -2.42. The molecule has 18 heavy (non-hydrogen) atoms. The van der Waals surface area contributed by atoms with Gasteiger partial charge in [0.05, 0.1) is 6.54 Å². The molecule has 1 aromatic rings. The molecule has 4 heteroatoms. The number of alkyl halides is 2. The Balaban J connectivity index is 1.99. The van der Waals surface area contributed by atoms with Gasteiger partial charge in [-0.05, 0) is 25.3 Å². The first-order valence-electron chi connectivity index (χ1n) is 6.38. The second kappa shape index (κ2) is 5.76. The quantitative estimate of drug-likeness (QED) is 0.893. The number of aliphatic hydroxyl groups is 1. The normalized spacial score (nSPS) is 22.1. The van der Waals surface area contributed by atoms with Gasteiger partial charge >= 0.3 is 0 Å². The van der Waals surface area contributed by atoms with Crippen molar-refractivity contribution in [2.24, 2.45) is 5.92 Å². The maximum Gasteiger partial charge on any atom is 0.285 e. The highest BCUT2D eigenvalue weighted by Crippen LogP contribution is 2.30. The molecular formula is C14H19F2NO. The fraction of sp³-hybridized carbons (Fsp3) is 0.571. The van der Waals surface area contributed by atoms with E-state index in [-0.39, 0.29) is 24.6 Å². The molecule has 1 atom stereocenters. The van der Waals surface area contributed by atoms with Gasteiger partial charge in [-0.3, -0.25) is 4.90 Å². The fourth-order valence-electron chi connectivity index (χ4n) is 2.50. The van der Waals surface area contributed by atoms with Crippen LogP contribution in [0.15, 0.2) is 30.3 Å². The minimum atomic E-state index is -2.82. The molecule has 2 nitrogen and oxygen atoms in total. The van der Waals surface area contributed by atoms with E-state index in [9.17, 15) is 8.78 Å². The van der Waals surface area contributed by atoms with E-state index in [1.807, 2.05) is 0 Å². The summed E-state index contributed by atoms with van der Waals surface area (Å²) in [5.41, 5.74) is 0.0659. The van der Waals surface area contributed by atoms with Crippen LogP contribution < -0.4 is 0 Å². The van der Waals surface area contributed by atoms with Crippen LogP contribution >= 0.6 is 0 Å². The largest absolute Gasteiger partial charge is 0.396 e. The van der Waals surface area contributed by atoms with Gasteiger partial charge in [-0.1, -0.05) is 30.3 Å². The summed E-state index contributed by atoms with van der Waals surface area (Å²) < 4.78 is 28.1. The molecule has 1 fully saturated rings. The van der Waals surface area contributed by atoms with Crippen LogP contribution in [0.5, 0.6) is 0 Å². The van der Waals surface area contributed by atoms with Crippen LogP contribution in [0.1, 0.15) is 18.4 Å². The molecule has 0 saturated carbocycles. The number of benzene rings is 1. The van der Waals surface area contributed by atoms with Gasteiger partial charge in [0.15, 0.2) is 0 Å². The Bertz CT molecular complexity index is 369. The van der Waals surface area contributed by atoms with Gasteiger partial charge in [-0.2, -0.15) is 8.78 Å². The number of halogens is 2. The van der Waals surface area contributed by atoms with Crippen LogP contribution in [-0.2, 0) is 5.92 Å². The molecule has 0 aliphatic carbocycles. The minimum absolute atomic E-state index is 0.0659. The minimum Gasteiger partial charge on any atom is -0.396 e. The molecule has 1 N–H and O–H groups in total. The number of nitrogens with zero attached hydrogens (tertiary/aromatic N) is 1. The summed E-state index contributed by atoms with van der Waals surface area (Å²) in [6.45, 7) is 1.10. The first kappa shape index (κ1) is 13.4. The molecule has 100 valence electrons. The first-order chi connectivity index (χ1) is 8.62. The predicted molar refractivity (Wildman–Crippen MR) is 66.6 cm³/mol. The topological polar surface area (TPSA) is 23.5 Å². The van der Waals surface area contributed by atoms with Gasteiger partial charge < -0.3 is 5.11 Å². The smallest absolute Gasteiger partial charge is 0.285 e. The van der Waals surface area contributed by atoms with Crippen LogP contribution in [0, 0.1) is 5.92 Å². The molecule has 1 heterocycles. The third-order valence-electron chi connectivity index (χ3n) is 3.48. The van der Waals surface area contributed by atoms with Crippen LogP contribution in [-0.4, -0.2) is 36.2 Å². The molecule has 1 aliphatic heterocycles. The lowest BCUT2D eigenvalue weighted by atomic mass is 9.98. The van der Waals surface area contributed by atoms with Crippen molar-refractivity contribution in [3.63, 3.8) is 0 Å². The third kappa shape index (κ3) is 3.27. The van der Waals surface area contributed by atoms with Crippen molar-refractivity contribution in [2.45, 2.75) is 18.8 Å². The van der Waals surface area contributed by atoms with Crippen LogP contribution in [0.2, 0.25) is 0 Å². The summed E-state index contributed by atoms with van der Waals surface area (Å²) in [6, 6.07) is 7.94. The highest BCUT2D eigenvalue weighted by Gasteiger charge is 2.35. The molecule has 2 rings (SSSR count). The number of aliphatic hydroxyl groups excluding tert-OH is 1. The average Bonchev–Trinajstić information content (AvgIpc) is 2.39. The Morgan fingerprint density at radius 1 is 1.28 bits per heavy atom. The van der Waals surface area contributed by atoms with Gasteiger partial charge in [0.2, 0.25) is 0 Å². The van der Waals surface area contributed by atoms with Crippen molar-refractivity contribution in [3.05, 3.63) is 35.9 Å². The molecule has 1 unspecified atom stereocenters. The zero-order chi connectivity index (χ0) is 13.0. The molecule has 1 aliphatic rings. The van der Waals surface area contributed by atoms with Crippen molar-refractivity contribution in [2.75, 3.05) is 26.2 Å². The van der Waals surface area contributed by atoms with E-state index >= 15 is 0 Å². The Labute approximate surface area is 106 Å². The molecule has 0 radical (unpaired) electrons. The van der Waals surface area contributed by atoms with Gasteiger partial charge in [-0.25, -0.2) is 0 Å². The van der Waals surface area contributed by atoms with Gasteiger partial charge in [0.25, 0.3) is 5.92 Å². The maximum atomic E-state index is 14.1. The van der Waals surface area contributed by atoms with Crippen LogP contribution in [0.25, 0.3) is 0 Å². The molecule has 0 spiro atoms. The highest BCUT2D eigenvalue weighted by atomic mass is 19.3. The van der Waals surface area contributed by atoms with E-state index in [2.05, 4.69) is 0 Å². The van der Waals surface area contributed by atoms with E-state index < -0.39 is 5.92 Å². The molecule has 1 saturated heterocycles. The second-order valence-electron chi connectivity index (χ2n) is 5.00. The lowest BCUT2D eigenvalue weighted by molar-refractivity contribution is -0.0488. The Morgan fingerprint density at radius 3 is 2.67 bits per heavy atom. The van der Waals surface area contributed by atoms with E-state index in [4.69, 9.17) is 5.11 Å². The Kier molecular flexibility index (Phi) is 4.30.